The summed E-state index contributed by atoms with van der Waals surface area (Å²) in [4.78, 5) is 32.9. The number of ether oxygens (including phenoxy) is 2. The second-order valence-corrected chi connectivity index (χ2v) is 4.74. The summed E-state index contributed by atoms with van der Waals surface area (Å²) in [7, 11) is 2.97. The second kappa shape index (κ2) is 7.39. The molecule has 122 valence electrons. The summed E-state index contributed by atoms with van der Waals surface area (Å²) in [6.07, 6.45) is 3.17. The zero-order valence-corrected chi connectivity index (χ0v) is 13.1. The third-order valence-electron chi connectivity index (χ3n) is 3.01. The standard InChI is InChI=1S/C15H17N3O5/c1-10-12(14(20)21-3)7-11(23-10)9-22-13(19)8-18(2)15-16-5-4-6-17-15/h4-7H,8-9H2,1-3H3. The SMILES string of the molecule is COC(=O)c1cc(COC(=O)CN(C)c2ncccn2)oc1C. The maximum absolute atomic E-state index is 11.8. The van der Waals surface area contributed by atoms with E-state index in [0.717, 1.165) is 0 Å². The predicted octanol–water partition coefficient (Wildman–Crippen LogP) is 1.34. The van der Waals surface area contributed by atoms with Crippen LogP contribution in [-0.2, 0) is 20.9 Å². The van der Waals surface area contributed by atoms with E-state index in [-0.39, 0.29) is 13.2 Å². The van der Waals surface area contributed by atoms with Crippen molar-refractivity contribution < 1.29 is 23.5 Å². The molecule has 2 heterocycles. The van der Waals surface area contributed by atoms with Gasteiger partial charge in [-0.1, -0.05) is 0 Å². The van der Waals surface area contributed by atoms with E-state index in [1.165, 1.54) is 13.2 Å². The van der Waals surface area contributed by atoms with E-state index in [9.17, 15) is 9.59 Å². The summed E-state index contributed by atoms with van der Waals surface area (Å²) in [6.45, 7) is 1.56. The lowest BCUT2D eigenvalue weighted by Crippen LogP contribution is -2.28. The predicted molar refractivity (Wildman–Crippen MR) is 79.9 cm³/mol. The Kier molecular flexibility index (Phi) is 5.29. The molecule has 2 rings (SSSR count). The minimum atomic E-state index is -0.496. The minimum absolute atomic E-state index is 0.00639. The average Bonchev–Trinajstić information content (AvgIpc) is 2.94. The van der Waals surface area contributed by atoms with E-state index in [0.29, 0.717) is 23.0 Å². The van der Waals surface area contributed by atoms with Crippen LogP contribution in [-0.4, -0.2) is 42.6 Å². The highest BCUT2D eigenvalue weighted by molar-refractivity contribution is 5.90. The third kappa shape index (κ3) is 4.29. The van der Waals surface area contributed by atoms with Crippen LogP contribution in [0.15, 0.2) is 28.9 Å². The van der Waals surface area contributed by atoms with Crippen LogP contribution in [0.1, 0.15) is 21.9 Å². The molecule has 0 amide bonds. The van der Waals surface area contributed by atoms with Crippen molar-refractivity contribution in [3.05, 3.63) is 41.6 Å². The maximum Gasteiger partial charge on any atom is 0.341 e. The van der Waals surface area contributed by atoms with Gasteiger partial charge in [0.25, 0.3) is 0 Å². The van der Waals surface area contributed by atoms with Crippen LogP contribution in [0.2, 0.25) is 0 Å². The molecule has 0 aliphatic heterocycles. The van der Waals surface area contributed by atoms with Gasteiger partial charge in [0.2, 0.25) is 5.95 Å². The van der Waals surface area contributed by atoms with Gasteiger partial charge in [-0.25, -0.2) is 14.8 Å². The fourth-order valence-electron chi connectivity index (χ4n) is 1.88. The molecule has 0 unspecified atom stereocenters. The second-order valence-electron chi connectivity index (χ2n) is 4.74. The molecule has 0 aliphatic carbocycles. The van der Waals surface area contributed by atoms with Gasteiger partial charge in [0.1, 0.15) is 30.2 Å². The number of carbonyl (C=O) groups is 2. The van der Waals surface area contributed by atoms with E-state index in [2.05, 4.69) is 14.7 Å². The largest absolute Gasteiger partial charge is 0.465 e. The molecule has 8 heteroatoms. The smallest absolute Gasteiger partial charge is 0.341 e. The number of nitrogens with zero attached hydrogens (tertiary/aromatic N) is 3. The van der Waals surface area contributed by atoms with Crippen LogP contribution < -0.4 is 4.90 Å². The number of hydrogen-bond donors (Lipinski definition) is 0. The first-order chi connectivity index (χ1) is 11.0. The van der Waals surface area contributed by atoms with Gasteiger partial charge in [0.05, 0.1) is 7.11 Å². The van der Waals surface area contributed by atoms with Crippen LogP contribution in [0, 0.1) is 6.92 Å². The Balaban J connectivity index is 1.88. The molecule has 0 fully saturated rings. The first-order valence-corrected chi connectivity index (χ1v) is 6.82. The summed E-state index contributed by atoms with van der Waals surface area (Å²) >= 11 is 0. The summed E-state index contributed by atoms with van der Waals surface area (Å²) in [5.41, 5.74) is 0.313. The van der Waals surface area contributed by atoms with Crippen molar-refractivity contribution in [3.8, 4) is 0 Å². The molecule has 2 aromatic rings. The highest BCUT2D eigenvalue weighted by Crippen LogP contribution is 2.16. The monoisotopic (exact) mass is 319 g/mol. The fourth-order valence-corrected chi connectivity index (χ4v) is 1.88. The van der Waals surface area contributed by atoms with Gasteiger partial charge in [0.15, 0.2) is 0 Å². The molecule has 0 spiro atoms. The first kappa shape index (κ1) is 16.5. The van der Waals surface area contributed by atoms with Gasteiger partial charge in [-0.2, -0.15) is 0 Å². The van der Waals surface area contributed by atoms with Crippen molar-refractivity contribution in [1.29, 1.82) is 0 Å². The normalized spacial score (nSPS) is 10.2. The van der Waals surface area contributed by atoms with Crippen molar-refractivity contribution in [2.24, 2.45) is 0 Å². The average molecular weight is 319 g/mol. The van der Waals surface area contributed by atoms with Crippen LogP contribution in [0.25, 0.3) is 0 Å². The number of rotatable bonds is 6. The lowest BCUT2D eigenvalue weighted by Gasteiger charge is -2.15. The highest BCUT2D eigenvalue weighted by Gasteiger charge is 2.17. The van der Waals surface area contributed by atoms with Crippen LogP contribution >= 0.6 is 0 Å². The molecule has 0 saturated carbocycles. The number of aromatic nitrogens is 2. The number of likely N-dealkylation sites (N-methyl/N-ethyl adjacent to an activating group) is 1. The Morgan fingerprint density at radius 1 is 1.30 bits per heavy atom. The van der Waals surface area contributed by atoms with Crippen LogP contribution in [0.4, 0.5) is 5.95 Å². The quantitative estimate of drug-likeness (QED) is 0.736. The number of methoxy groups -OCH3 is 1. The molecular weight excluding hydrogens is 302 g/mol. The van der Waals surface area contributed by atoms with E-state index in [4.69, 9.17) is 9.15 Å². The van der Waals surface area contributed by atoms with Crippen LogP contribution in [0.5, 0.6) is 0 Å². The molecule has 0 bridgehead atoms. The molecule has 0 atom stereocenters. The maximum atomic E-state index is 11.8. The number of furan rings is 1. The topological polar surface area (TPSA) is 94.8 Å². The van der Waals surface area contributed by atoms with Crippen molar-refractivity contribution >= 4 is 17.9 Å². The summed E-state index contributed by atoms with van der Waals surface area (Å²) in [5.74, 6) is 0.247. The number of aryl methyl sites for hydroxylation is 1. The highest BCUT2D eigenvalue weighted by atomic mass is 16.5. The van der Waals surface area contributed by atoms with Gasteiger partial charge in [-0.15, -0.1) is 0 Å². The first-order valence-electron chi connectivity index (χ1n) is 6.82. The van der Waals surface area contributed by atoms with Gasteiger partial charge in [-0.3, -0.25) is 4.79 Å². The Morgan fingerprint density at radius 2 is 2.00 bits per heavy atom. The van der Waals surface area contributed by atoms with Gasteiger partial charge >= 0.3 is 11.9 Å². The van der Waals surface area contributed by atoms with E-state index in [1.54, 1.807) is 37.3 Å². The molecule has 0 aromatic carbocycles. The minimum Gasteiger partial charge on any atom is -0.465 e. The number of carbonyl (C=O) groups excluding carboxylic acids is 2. The zero-order valence-electron chi connectivity index (χ0n) is 13.1. The summed E-state index contributed by atoms with van der Waals surface area (Å²) in [6, 6.07) is 3.19. The van der Waals surface area contributed by atoms with E-state index < -0.39 is 11.9 Å². The lowest BCUT2D eigenvalue weighted by atomic mass is 10.2. The van der Waals surface area contributed by atoms with Gasteiger partial charge in [0, 0.05) is 19.4 Å². The summed E-state index contributed by atoms with van der Waals surface area (Å²) < 4.78 is 15.1. The Labute approximate surface area is 133 Å². The fraction of sp³-hybridized carbons (Fsp3) is 0.333. The molecule has 0 N–H and O–H groups in total. The molecule has 8 nitrogen and oxygen atoms in total. The van der Waals surface area contributed by atoms with Gasteiger partial charge in [-0.05, 0) is 19.1 Å². The van der Waals surface area contributed by atoms with Crippen molar-refractivity contribution in [1.82, 2.24) is 9.97 Å². The van der Waals surface area contributed by atoms with Crippen LogP contribution in [0.3, 0.4) is 0 Å². The molecular formula is C15H17N3O5. The zero-order chi connectivity index (χ0) is 16.8. The number of anilines is 1. The molecule has 0 aliphatic rings. The number of esters is 2. The molecule has 2 aromatic heterocycles. The van der Waals surface area contributed by atoms with Crippen molar-refractivity contribution in [2.45, 2.75) is 13.5 Å². The Hall–Kier alpha value is -2.90. The van der Waals surface area contributed by atoms with E-state index in [1.807, 2.05) is 0 Å². The Morgan fingerprint density at radius 3 is 2.65 bits per heavy atom. The molecule has 0 saturated heterocycles. The van der Waals surface area contributed by atoms with Crippen molar-refractivity contribution in [2.75, 3.05) is 25.6 Å². The number of hydrogen-bond acceptors (Lipinski definition) is 8. The van der Waals surface area contributed by atoms with Crippen molar-refractivity contribution in [3.63, 3.8) is 0 Å². The lowest BCUT2D eigenvalue weighted by molar-refractivity contribution is -0.143. The third-order valence-corrected chi connectivity index (χ3v) is 3.01. The molecule has 23 heavy (non-hydrogen) atoms. The summed E-state index contributed by atoms with van der Waals surface area (Å²) in [5, 5.41) is 0. The van der Waals surface area contributed by atoms with E-state index >= 15 is 0 Å². The Bertz CT molecular complexity index is 684. The molecule has 0 radical (unpaired) electrons. The van der Waals surface area contributed by atoms with Gasteiger partial charge < -0.3 is 18.8 Å².